The summed E-state index contributed by atoms with van der Waals surface area (Å²) in [5.74, 6) is 0.287. The number of halogens is 2. The Morgan fingerprint density at radius 1 is 1.20 bits per heavy atom. The highest BCUT2D eigenvalue weighted by molar-refractivity contribution is 7.83. The highest BCUT2D eigenvalue weighted by atomic mass is 35.5. The van der Waals surface area contributed by atoms with Crippen molar-refractivity contribution in [2.45, 2.75) is 56.0 Å². The van der Waals surface area contributed by atoms with Crippen LogP contribution in [-0.2, 0) is 35.8 Å². The van der Waals surface area contributed by atoms with Crippen LogP contribution in [0.25, 0.3) is 0 Å². The highest BCUT2D eigenvalue weighted by Crippen LogP contribution is 2.35. The molecular weight excluding hydrogens is 547 g/mol. The van der Waals surface area contributed by atoms with Crippen LogP contribution >= 0.6 is 11.6 Å². The summed E-state index contributed by atoms with van der Waals surface area (Å²) < 4.78 is 31.9. The van der Waals surface area contributed by atoms with E-state index in [0.717, 1.165) is 47.5 Å². The molecule has 0 spiro atoms. The van der Waals surface area contributed by atoms with Crippen LogP contribution in [0.1, 0.15) is 60.7 Å². The van der Waals surface area contributed by atoms with E-state index in [-0.39, 0.29) is 22.9 Å². The molecule has 208 valence electrons. The lowest BCUT2D eigenvalue weighted by atomic mass is 9.87. The Hall–Kier alpha value is -3.33. The number of nitrogens with one attached hydrogen (secondary N) is 1. The van der Waals surface area contributed by atoms with Gasteiger partial charge in [0.15, 0.2) is 0 Å². The molecule has 1 aliphatic rings. The fraction of sp³-hybridized carbons (Fsp3) is 0.290. The molecule has 2 unspecified atom stereocenters. The predicted octanol–water partition coefficient (Wildman–Crippen LogP) is 6.63. The molecule has 1 aromatic heterocycles. The molecule has 4 aromatic rings. The van der Waals surface area contributed by atoms with Crippen LogP contribution in [0.2, 0.25) is 5.02 Å². The van der Waals surface area contributed by atoms with Crippen LogP contribution in [0.3, 0.4) is 0 Å². The molecule has 0 saturated carbocycles. The number of carbonyl (C=O) groups is 1. The molecule has 0 saturated heterocycles. The van der Waals surface area contributed by atoms with Crippen molar-refractivity contribution in [2.24, 2.45) is 7.05 Å². The highest BCUT2D eigenvalue weighted by Gasteiger charge is 2.26. The number of carbonyl (C=O) groups excluding carboxylic acids is 1. The molecule has 0 fully saturated rings. The zero-order valence-electron chi connectivity index (χ0n) is 22.5. The number of benzene rings is 3. The van der Waals surface area contributed by atoms with Gasteiger partial charge in [0.25, 0.3) is 0 Å². The predicted molar refractivity (Wildman–Crippen MR) is 157 cm³/mol. The van der Waals surface area contributed by atoms with Gasteiger partial charge in [0, 0.05) is 37.6 Å². The third kappa shape index (κ3) is 6.35. The van der Waals surface area contributed by atoms with Crippen molar-refractivity contribution in [1.82, 2.24) is 14.3 Å². The van der Waals surface area contributed by atoms with Crippen molar-refractivity contribution >= 4 is 34.2 Å². The maximum Gasteiger partial charge on any atom is 0.228 e. The minimum atomic E-state index is -1.59. The van der Waals surface area contributed by atoms with Crippen LogP contribution in [0.4, 0.5) is 10.1 Å². The number of amides is 1. The van der Waals surface area contributed by atoms with E-state index in [1.807, 2.05) is 60.3 Å². The number of fused-ring (bicyclic) bond motifs is 1. The largest absolute Gasteiger partial charge is 0.337 e. The van der Waals surface area contributed by atoms with E-state index in [9.17, 15) is 13.4 Å². The molecule has 3 aromatic carbocycles. The van der Waals surface area contributed by atoms with Gasteiger partial charge in [-0.1, -0.05) is 54.9 Å². The quantitative estimate of drug-likeness (QED) is 0.242. The summed E-state index contributed by atoms with van der Waals surface area (Å²) in [6, 6.07) is 20.0. The molecule has 9 heteroatoms. The molecule has 1 heterocycles. The number of nitrogens with zero attached hydrogens (tertiary/aromatic N) is 3. The zero-order chi connectivity index (χ0) is 28.2. The molecule has 0 bridgehead atoms. The summed E-state index contributed by atoms with van der Waals surface area (Å²) in [4.78, 5) is 20.5. The third-order valence-corrected chi connectivity index (χ3v) is 8.95. The molecule has 40 heavy (non-hydrogen) atoms. The summed E-state index contributed by atoms with van der Waals surface area (Å²) in [6.07, 6.45) is 6.58. The monoisotopic (exact) mass is 578 g/mol. The number of aromatic nitrogens is 2. The molecule has 3 atom stereocenters. The second kappa shape index (κ2) is 12.5. The van der Waals surface area contributed by atoms with Crippen LogP contribution in [-0.4, -0.2) is 19.7 Å². The van der Waals surface area contributed by atoms with Gasteiger partial charge >= 0.3 is 0 Å². The fourth-order valence-corrected chi connectivity index (χ4v) is 6.45. The summed E-state index contributed by atoms with van der Waals surface area (Å²) >= 11 is 5.93. The van der Waals surface area contributed by atoms with Gasteiger partial charge in [-0.15, -0.1) is 0 Å². The molecular formula is C31H32ClFN4O2S. The van der Waals surface area contributed by atoms with Crippen molar-refractivity contribution in [3.8, 4) is 0 Å². The average Bonchev–Trinajstić information content (AvgIpc) is 3.37. The van der Waals surface area contributed by atoms with Crippen LogP contribution in [0.15, 0.2) is 84.0 Å². The molecule has 1 amide bonds. The van der Waals surface area contributed by atoms with Gasteiger partial charge in [-0.05, 0) is 72.2 Å². The fourth-order valence-electron chi connectivity index (χ4n) is 5.15. The second-order valence-electron chi connectivity index (χ2n) is 10.2. The molecule has 0 aliphatic heterocycles. The number of aryl methyl sites for hydroxylation is 2. The van der Waals surface area contributed by atoms with Gasteiger partial charge in [-0.25, -0.2) is 18.3 Å². The Bertz CT molecular complexity index is 1530. The van der Waals surface area contributed by atoms with Gasteiger partial charge < -0.3 is 9.47 Å². The smallest absolute Gasteiger partial charge is 0.228 e. The maximum absolute atomic E-state index is 13.8. The Morgan fingerprint density at radius 3 is 2.73 bits per heavy atom. The molecule has 5 rings (SSSR count). The Kier molecular flexibility index (Phi) is 8.78. The van der Waals surface area contributed by atoms with E-state index in [2.05, 4.69) is 22.7 Å². The van der Waals surface area contributed by atoms with E-state index >= 15 is 0 Å². The van der Waals surface area contributed by atoms with Gasteiger partial charge in [0.05, 0.1) is 16.5 Å². The Morgan fingerprint density at radius 2 is 2.00 bits per heavy atom. The van der Waals surface area contributed by atoms with Crippen molar-refractivity contribution in [3.05, 3.63) is 112 Å². The van der Waals surface area contributed by atoms with E-state index in [0.29, 0.717) is 17.9 Å². The first-order valence-corrected chi connectivity index (χ1v) is 14.9. The van der Waals surface area contributed by atoms with Gasteiger partial charge in [0.1, 0.15) is 22.6 Å². The second-order valence-corrected chi connectivity index (χ2v) is 11.9. The lowest BCUT2D eigenvalue weighted by Gasteiger charge is -2.30. The molecule has 1 aliphatic carbocycles. The van der Waals surface area contributed by atoms with E-state index in [1.165, 1.54) is 18.2 Å². The minimum absolute atomic E-state index is 0.00384. The van der Waals surface area contributed by atoms with Crippen LogP contribution < -0.4 is 9.62 Å². The number of hydrogen-bond acceptors (Lipinski definition) is 3. The summed E-state index contributed by atoms with van der Waals surface area (Å²) in [5.41, 5.74) is 4.06. The number of imidazole rings is 1. The van der Waals surface area contributed by atoms with Crippen molar-refractivity contribution in [2.75, 3.05) is 4.90 Å². The molecule has 0 radical (unpaired) electrons. The average molecular weight is 579 g/mol. The van der Waals surface area contributed by atoms with Gasteiger partial charge in [-0.3, -0.25) is 4.79 Å². The third-order valence-electron chi connectivity index (χ3n) is 7.48. The minimum Gasteiger partial charge on any atom is -0.337 e. The van der Waals surface area contributed by atoms with Gasteiger partial charge in [-0.2, -0.15) is 0 Å². The van der Waals surface area contributed by atoms with Crippen molar-refractivity contribution in [3.63, 3.8) is 0 Å². The first-order valence-electron chi connectivity index (χ1n) is 13.4. The Balaban J connectivity index is 1.43. The summed E-state index contributed by atoms with van der Waals surface area (Å²) in [6.45, 7) is 2.40. The zero-order valence-corrected chi connectivity index (χ0v) is 24.1. The van der Waals surface area contributed by atoms with Crippen molar-refractivity contribution < 1.29 is 13.4 Å². The van der Waals surface area contributed by atoms with Crippen molar-refractivity contribution in [1.29, 1.82) is 0 Å². The maximum atomic E-state index is 13.8. The van der Waals surface area contributed by atoms with E-state index < -0.39 is 16.8 Å². The number of anilines is 1. The van der Waals surface area contributed by atoms with Crippen LogP contribution in [0, 0.1) is 5.82 Å². The lowest BCUT2D eigenvalue weighted by Crippen LogP contribution is -2.33. The number of rotatable bonds is 9. The summed E-state index contributed by atoms with van der Waals surface area (Å²) in [5, 5.41) is -0.0628. The molecule has 6 nitrogen and oxygen atoms in total. The van der Waals surface area contributed by atoms with E-state index in [1.54, 1.807) is 11.1 Å². The summed E-state index contributed by atoms with van der Waals surface area (Å²) in [7, 11) is 0.332. The first kappa shape index (κ1) is 28.2. The number of hydrogen-bond donors (Lipinski definition) is 1. The first-order chi connectivity index (χ1) is 19.3. The lowest BCUT2D eigenvalue weighted by molar-refractivity contribution is -0.119. The van der Waals surface area contributed by atoms with Crippen LogP contribution in [0.5, 0.6) is 0 Å². The SMILES string of the molecule is C[C@@H](CC(=O)N(Cc1nccn1C)c1ccc2c(c1)C(NS(=O)c1ccc(F)c(Cl)c1)CCC2)c1ccccc1. The standard InChI is InChI=1S/C31H32ClFN4O2S/c1-21(22-7-4-3-5-8-22)17-31(38)37(20-30-34-15-16-36(30)2)24-12-11-23-9-6-10-29(26(23)18-24)35-40(39)25-13-14-28(33)27(32)19-25/h3-5,7-8,11-16,18-19,21,29,35H,6,9-10,17,20H2,1-2H3/t21-,29?,40?/m0/s1. The normalized spacial score (nSPS) is 16.2. The topological polar surface area (TPSA) is 67.2 Å². The van der Waals surface area contributed by atoms with Gasteiger partial charge in [0.2, 0.25) is 5.91 Å². The molecule has 1 N–H and O–H groups in total. The Labute approximate surface area is 241 Å². The van der Waals surface area contributed by atoms with E-state index in [4.69, 9.17) is 11.6 Å².